The highest BCUT2D eigenvalue weighted by Crippen LogP contribution is 2.19. The SMILES string of the molecule is O=C(NCc1ccccc1OCc1ccccc1)c1cn[nH]n1. The summed E-state index contributed by atoms with van der Waals surface area (Å²) in [6.07, 6.45) is 1.38. The summed E-state index contributed by atoms with van der Waals surface area (Å²) in [5.41, 5.74) is 2.25. The minimum Gasteiger partial charge on any atom is -0.489 e. The molecule has 1 heterocycles. The molecule has 6 heteroatoms. The lowest BCUT2D eigenvalue weighted by atomic mass is 10.2. The highest BCUT2D eigenvalue weighted by molar-refractivity contribution is 5.91. The van der Waals surface area contributed by atoms with E-state index in [0.717, 1.165) is 16.9 Å². The maximum absolute atomic E-state index is 11.9. The summed E-state index contributed by atoms with van der Waals surface area (Å²) in [7, 11) is 0. The Hall–Kier alpha value is -3.15. The van der Waals surface area contributed by atoms with Crippen molar-refractivity contribution in [1.82, 2.24) is 20.7 Å². The average Bonchev–Trinajstić information content (AvgIpc) is 3.14. The molecule has 0 saturated carbocycles. The first-order chi connectivity index (χ1) is 11.3. The van der Waals surface area contributed by atoms with Crippen molar-refractivity contribution in [1.29, 1.82) is 0 Å². The molecule has 6 nitrogen and oxygen atoms in total. The van der Waals surface area contributed by atoms with Crippen LogP contribution in [-0.4, -0.2) is 21.3 Å². The van der Waals surface area contributed by atoms with Crippen molar-refractivity contribution >= 4 is 5.91 Å². The Balaban J connectivity index is 1.62. The Kier molecular flexibility index (Phi) is 4.63. The Morgan fingerprint density at radius 2 is 1.87 bits per heavy atom. The number of ether oxygens (including phenoxy) is 1. The van der Waals surface area contributed by atoms with Gasteiger partial charge in [-0.1, -0.05) is 48.5 Å². The Morgan fingerprint density at radius 1 is 1.09 bits per heavy atom. The molecule has 2 N–H and O–H groups in total. The number of para-hydroxylation sites is 1. The van der Waals surface area contributed by atoms with Gasteiger partial charge in [0, 0.05) is 12.1 Å². The lowest BCUT2D eigenvalue weighted by molar-refractivity contribution is 0.0945. The maximum Gasteiger partial charge on any atom is 0.273 e. The summed E-state index contributed by atoms with van der Waals surface area (Å²) in [6.45, 7) is 0.839. The van der Waals surface area contributed by atoms with Crippen LogP contribution in [0.1, 0.15) is 21.6 Å². The van der Waals surface area contributed by atoms with Crippen LogP contribution in [0.15, 0.2) is 60.8 Å². The van der Waals surface area contributed by atoms with Crippen LogP contribution in [0.3, 0.4) is 0 Å². The van der Waals surface area contributed by atoms with Crippen LogP contribution in [0, 0.1) is 0 Å². The minimum absolute atomic E-state index is 0.257. The van der Waals surface area contributed by atoms with E-state index in [1.807, 2.05) is 54.6 Å². The van der Waals surface area contributed by atoms with Crippen LogP contribution < -0.4 is 10.1 Å². The number of nitrogens with zero attached hydrogens (tertiary/aromatic N) is 2. The van der Waals surface area contributed by atoms with Crippen LogP contribution >= 0.6 is 0 Å². The molecule has 0 aliphatic carbocycles. The van der Waals surface area contributed by atoms with Crippen molar-refractivity contribution < 1.29 is 9.53 Å². The number of aromatic amines is 1. The fraction of sp³-hybridized carbons (Fsp3) is 0.118. The van der Waals surface area contributed by atoms with Gasteiger partial charge in [0.05, 0.1) is 6.20 Å². The molecule has 0 radical (unpaired) electrons. The van der Waals surface area contributed by atoms with Crippen LogP contribution in [0.5, 0.6) is 5.75 Å². The summed E-state index contributed by atoms with van der Waals surface area (Å²) in [4.78, 5) is 11.9. The highest BCUT2D eigenvalue weighted by Gasteiger charge is 2.10. The quantitative estimate of drug-likeness (QED) is 0.732. The first kappa shape index (κ1) is 14.8. The first-order valence-corrected chi connectivity index (χ1v) is 7.21. The van der Waals surface area contributed by atoms with Crippen molar-refractivity contribution in [2.24, 2.45) is 0 Å². The molecule has 2 aromatic carbocycles. The van der Waals surface area contributed by atoms with Crippen molar-refractivity contribution in [3.05, 3.63) is 77.6 Å². The lowest BCUT2D eigenvalue weighted by Crippen LogP contribution is -2.23. The van der Waals surface area contributed by atoms with Gasteiger partial charge in [-0.25, -0.2) is 0 Å². The predicted octanol–water partition coefficient (Wildman–Crippen LogP) is 2.31. The second-order valence-electron chi connectivity index (χ2n) is 4.92. The highest BCUT2D eigenvalue weighted by atomic mass is 16.5. The van der Waals surface area contributed by atoms with E-state index in [1.165, 1.54) is 6.20 Å². The van der Waals surface area contributed by atoms with Gasteiger partial charge in [-0.2, -0.15) is 15.4 Å². The number of benzene rings is 2. The van der Waals surface area contributed by atoms with Gasteiger partial charge in [0.25, 0.3) is 5.91 Å². The zero-order chi connectivity index (χ0) is 15.9. The summed E-state index contributed by atoms with van der Waals surface area (Å²) >= 11 is 0. The Morgan fingerprint density at radius 3 is 2.65 bits per heavy atom. The zero-order valence-corrected chi connectivity index (χ0v) is 12.4. The van der Waals surface area contributed by atoms with Crippen molar-refractivity contribution in [3.63, 3.8) is 0 Å². The fourth-order valence-electron chi connectivity index (χ4n) is 2.10. The molecule has 0 fully saturated rings. The van der Waals surface area contributed by atoms with Crippen molar-refractivity contribution in [3.8, 4) is 5.75 Å². The molecule has 1 amide bonds. The molecule has 1 aromatic heterocycles. The standard InChI is InChI=1S/C17H16N4O2/c22-17(15-11-19-21-20-15)18-10-14-8-4-5-9-16(14)23-12-13-6-2-1-3-7-13/h1-9,11H,10,12H2,(H,18,22)(H,19,20,21). The van der Waals surface area contributed by atoms with E-state index in [9.17, 15) is 4.79 Å². The van der Waals surface area contributed by atoms with Gasteiger partial charge in [0.2, 0.25) is 0 Å². The van der Waals surface area contributed by atoms with Crippen LogP contribution in [0.25, 0.3) is 0 Å². The number of H-pyrrole nitrogens is 1. The molecule has 23 heavy (non-hydrogen) atoms. The molecule has 0 aliphatic heterocycles. The van der Waals surface area contributed by atoms with Gasteiger partial charge in [0.1, 0.15) is 12.4 Å². The zero-order valence-electron chi connectivity index (χ0n) is 12.4. The third-order valence-corrected chi connectivity index (χ3v) is 3.30. The summed E-state index contributed by atoms with van der Waals surface area (Å²) < 4.78 is 5.86. The topological polar surface area (TPSA) is 79.9 Å². The molecule has 0 aliphatic rings. The first-order valence-electron chi connectivity index (χ1n) is 7.21. The van der Waals surface area contributed by atoms with Crippen LogP contribution in [0.2, 0.25) is 0 Å². The molecule has 3 aromatic rings. The third-order valence-electron chi connectivity index (χ3n) is 3.30. The molecule has 116 valence electrons. The van der Waals surface area contributed by atoms with E-state index in [4.69, 9.17) is 4.74 Å². The third kappa shape index (κ3) is 3.94. The van der Waals surface area contributed by atoms with Gasteiger partial charge in [-0.15, -0.1) is 0 Å². The molecule has 0 unspecified atom stereocenters. The molecule has 3 rings (SSSR count). The van der Waals surface area contributed by atoms with Gasteiger partial charge < -0.3 is 10.1 Å². The number of rotatable bonds is 6. The van der Waals surface area contributed by atoms with E-state index in [-0.39, 0.29) is 11.6 Å². The average molecular weight is 308 g/mol. The van der Waals surface area contributed by atoms with E-state index in [2.05, 4.69) is 20.7 Å². The largest absolute Gasteiger partial charge is 0.489 e. The predicted molar refractivity (Wildman–Crippen MR) is 84.8 cm³/mol. The van der Waals surface area contributed by atoms with Gasteiger partial charge in [0.15, 0.2) is 5.69 Å². The summed E-state index contributed by atoms with van der Waals surface area (Å²) in [6, 6.07) is 17.6. The van der Waals surface area contributed by atoms with E-state index in [0.29, 0.717) is 13.2 Å². The monoisotopic (exact) mass is 308 g/mol. The smallest absolute Gasteiger partial charge is 0.273 e. The molecular weight excluding hydrogens is 292 g/mol. The number of carbonyl (C=O) groups excluding carboxylic acids is 1. The van der Waals surface area contributed by atoms with Crippen molar-refractivity contribution in [2.45, 2.75) is 13.2 Å². The number of nitrogens with one attached hydrogen (secondary N) is 2. The van der Waals surface area contributed by atoms with Crippen molar-refractivity contribution in [2.75, 3.05) is 0 Å². The number of hydrogen-bond acceptors (Lipinski definition) is 4. The van der Waals surface area contributed by atoms with Crippen LogP contribution in [0.4, 0.5) is 0 Å². The fourth-order valence-corrected chi connectivity index (χ4v) is 2.10. The maximum atomic E-state index is 11.9. The molecule has 0 atom stereocenters. The molecule has 0 spiro atoms. The number of hydrogen-bond donors (Lipinski definition) is 2. The second-order valence-corrected chi connectivity index (χ2v) is 4.92. The van der Waals surface area contributed by atoms with E-state index < -0.39 is 0 Å². The minimum atomic E-state index is -0.281. The Bertz CT molecular complexity index is 757. The van der Waals surface area contributed by atoms with E-state index >= 15 is 0 Å². The molecular formula is C17H16N4O2. The van der Waals surface area contributed by atoms with Crippen LogP contribution in [-0.2, 0) is 13.2 Å². The summed E-state index contributed by atoms with van der Waals surface area (Å²) in [5, 5.41) is 12.6. The van der Waals surface area contributed by atoms with Gasteiger partial charge in [-0.3, -0.25) is 4.79 Å². The molecule has 0 saturated heterocycles. The van der Waals surface area contributed by atoms with E-state index in [1.54, 1.807) is 0 Å². The van der Waals surface area contributed by atoms with Gasteiger partial charge in [-0.05, 0) is 11.6 Å². The number of aromatic nitrogens is 3. The Labute approximate surface area is 133 Å². The normalized spacial score (nSPS) is 10.3. The number of amides is 1. The second kappa shape index (κ2) is 7.22. The number of carbonyl (C=O) groups is 1. The lowest BCUT2D eigenvalue weighted by Gasteiger charge is -2.12. The summed E-state index contributed by atoms with van der Waals surface area (Å²) in [5.74, 6) is 0.466. The van der Waals surface area contributed by atoms with Gasteiger partial charge >= 0.3 is 0 Å². The molecule has 0 bridgehead atoms.